The molecule has 1 rings (SSSR count). The highest BCUT2D eigenvalue weighted by Gasteiger charge is 1.98. The molecule has 4 heteroatoms. The van der Waals surface area contributed by atoms with Crippen molar-refractivity contribution in [2.75, 3.05) is 12.4 Å². The van der Waals surface area contributed by atoms with Gasteiger partial charge in [-0.15, -0.1) is 22.9 Å². The summed E-state index contributed by atoms with van der Waals surface area (Å²) >= 11 is 10.7. The van der Waals surface area contributed by atoms with Crippen molar-refractivity contribution in [3.05, 3.63) is 32.9 Å². The largest absolute Gasteiger partial charge is 0.308 e. The van der Waals surface area contributed by atoms with E-state index in [1.807, 2.05) is 12.2 Å². The molecule has 0 radical (unpaired) electrons. The van der Waals surface area contributed by atoms with Gasteiger partial charge in [-0.25, -0.2) is 0 Å². The molecule has 0 fully saturated rings. The molecule has 0 spiro atoms. The number of thiophene rings is 1. The molecule has 1 N–H and O–H groups in total. The fourth-order valence-corrected chi connectivity index (χ4v) is 2.45. The van der Waals surface area contributed by atoms with Crippen LogP contribution in [0.2, 0.25) is 0 Å². The molecule has 0 bridgehead atoms. The van der Waals surface area contributed by atoms with E-state index in [0.717, 1.165) is 13.1 Å². The normalized spacial score (nSPS) is 11.2. The van der Waals surface area contributed by atoms with E-state index in [-0.39, 0.29) is 0 Å². The predicted molar refractivity (Wildman–Crippen MR) is 63.6 cm³/mol. The molecule has 0 unspecified atom stereocenters. The number of alkyl halides is 1. The summed E-state index contributed by atoms with van der Waals surface area (Å²) in [5, 5.41) is 5.38. The van der Waals surface area contributed by atoms with Crippen LogP contribution in [-0.4, -0.2) is 12.4 Å². The first-order valence-electron chi connectivity index (χ1n) is 3.98. The second-order valence-electron chi connectivity index (χ2n) is 2.45. The van der Waals surface area contributed by atoms with Crippen molar-refractivity contribution >= 4 is 38.9 Å². The molecule has 72 valence electrons. The zero-order valence-electron chi connectivity index (χ0n) is 7.09. The van der Waals surface area contributed by atoms with Gasteiger partial charge in [0.2, 0.25) is 0 Å². The lowest BCUT2D eigenvalue weighted by molar-refractivity contribution is 0.767. The van der Waals surface area contributed by atoms with Crippen LogP contribution < -0.4 is 5.32 Å². The summed E-state index contributed by atoms with van der Waals surface area (Å²) < 4.78 is 1.19. The minimum absolute atomic E-state index is 0.588. The molecule has 0 aliphatic carbocycles. The Kier molecular flexibility index (Phi) is 5.71. The number of hydrogen-bond donors (Lipinski definition) is 1. The van der Waals surface area contributed by atoms with Gasteiger partial charge in [0.25, 0.3) is 0 Å². The van der Waals surface area contributed by atoms with Crippen LogP contribution in [0.25, 0.3) is 0 Å². The summed E-state index contributed by atoms with van der Waals surface area (Å²) in [6.07, 6.45) is 3.98. The lowest BCUT2D eigenvalue weighted by atomic mass is 10.4. The second-order valence-corrected chi connectivity index (χ2v) is 4.61. The Labute approximate surface area is 95.9 Å². The smallest absolute Gasteiger partial charge is 0.0404 e. The van der Waals surface area contributed by atoms with Gasteiger partial charge < -0.3 is 5.32 Å². The maximum atomic E-state index is 5.49. The van der Waals surface area contributed by atoms with Gasteiger partial charge in [0.15, 0.2) is 0 Å². The highest BCUT2D eigenvalue weighted by Crippen LogP contribution is 2.21. The van der Waals surface area contributed by atoms with E-state index in [1.54, 1.807) is 11.3 Å². The minimum atomic E-state index is 0.588. The molecule has 13 heavy (non-hydrogen) atoms. The molecule has 1 aromatic heterocycles. The molecule has 0 amide bonds. The van der Waals surface area contributed by atoms with Crippen LogP contribution in [0.4, 0.5) is 0 Å². The molecule has 0 saturated carbocycles. The number of hydrogen-bond acceptors (Lipinski definition) is 2. The van der Waals surface area contributed by atoms with E-state index < -0.39 is 0 Å². The Bertz CT molecular complexity index is 272. The van der Waals surface area contributed by atoms with Crippen LogP contribution >= 0.6 is 38.9 Å². The van der Waals surface area contributed by atoms with Crippen LogP contribution in [0.3, 0.4) is 0 Å². The van der Waals surface area contributed by atoms with Gasteiger partial charge in [-0.3, -0.25) is 0 Å². The fraction of sp³-hybridized carbons (Fsp3) is 0.333. The third-order valence-corrected chi connectivity index (χ3v) is 3.60. The van der Waals surface area contributed by atoms with Gasteiger partial charge in [-0.1, -0.05) is 12.2 Å². The zero-order chi connectivity index (χ0) is 9.52. The maximum Gasteiger partial charge on any atom is 0.0404 e. The Hall–Kier alpha value is 0.170. The molecule has 0 aromatic carbocycles. The van der Waals surface area contributed by atoms with Crippen molar-refractivity contribution in [1.82, 2.24) is 5.32 Å². The lowest BCUT2D eigenvalue weighted by Crippen LogP contribution is -2.12. The number of halogens is 2. The lowest BCUT2D eigenvalue weighted by Gasteiger charge is -1.98. The van der Waals surface area contributed by atoms with Crippen molar-refractivity contribution < 1.29 is 0 Å². The van der Waals surface area contributed by atoms with E-state index >= 15 is 0 Å². The van der Waals surface area contributed by atoms with Crippen molar-refractivity contribution in [3.63, 3.8) is 0 Å². The molecular weight excluding hydrogens is 270 g/mol. The van der Waals surface area contributed by atoms with E-state index in [2.05, 4.69) is 32.7 Å². The third-order valence-electron chi connectivity index (χ3n) is 1.49. The summed E-state index contributed by atoms with van der Waals surface area (Å²) in [5.41, 5.74) is 0. The van der Waals surface area contributed by atoms with Crippen molar-refractivity contribution in [1.29, 1.82) is 0 Å². The average molecular weight is 281 g/mol. The SMILES string of the molecule is ClC/C=C/CNCc1sccc1Br. The van der Waals surface area contributed by atoms with Crippen molar-refractivity contribution in [2.45, 2.75) is 6.54 Å². The van der Waals surface area contributed by atoms with Crippen molar-refractivity contribution in [2.24, 2.45) is 0 Å². The molecule has 0 atom stereocenters. The Balaban J connectivity index is 2.20. The fourth-order valence-electron chi connectivity index (χ4n) is 0.867. The van der Waals surface area contributed by atoms with Gasteiger partial charge >= 0.3 is 0 Å². The van der Waals surface area contributed by atoms with E-state index in [0.29, 0.717) is 5.88 Å². The summed E-state index contributed by atoms with van der Waals surface area (Å²) in [7, 11) is 0. The van der Waals surface area contributed by atoms with Gasteiger partial charge in [0.1, 0.15) is 0 Å². The molecule has 0 saturated heterocycles. The molecule has 0 aliphatic heterocycles. The predicted octanol–water partition coefficient (Wildman–Crippen LogP) is 3.40. The second kappa shape index (κ2) is 6.60. The molecular formula is C9H11BrClNS. The third kappa shape index (κ3) is 4.27. The van der Waals surface area contributed by atoms with E-state index in [9.17, 15) is 0 Å². The monoisotopic (exact) mass is 279 g/mol. The summed E-state index contributed by atoms with van der Waals surface area (Å²) in [5.74, 6) is 0.588. The zero-order valence-corrected chi connectivity index (χ0v) is 10.3. The molecule has 1 aromatic rings. The Morgan fingerprint density at radius 1 is 1.54 bits per heavy atom. The standard InChI is InChI=1S/C9H11BrClNS/c10-8-3-6-13-9(8)7-12-5-2-1-4-11/h1-3,6,12H,4-5,7H2/b2-1+. The summed E-state index contributed by atoms with van der Waals surface area (Å²) in [6, 6.07) is 2.07. The van der Waals surface area contributed by atoms with E-state index in [1.165, 1.54) is 9.35 Å². The summed E-state index contributed by atoms with van der Waals surface area (Å²) in [6.45, 7) is 1.78. The van der Waals surface area contributed by atoms with Crippen LogP contribution in [-0.2, 0) is 6.54 Å². The topological polar surface area (TPSA) is 12.0 Å². The van der Waals surface area contributed by atoms with Crippen LogP contribution in [0.15, 0.2) is 28.1 Å². The van der Waals surface area contributed by atoms with E-state index in [4.69, 9.17) is 11.6 Å². The Morgan fingerprint density at radius 3 is 3.00 bits per heavy atom. The quantitative estimate of drug-likeness (QED) is 0.495. The highest BCUT2D eigenvalue weighted by atomic mass is 79.9. The molecule has 0 aliphatic rings. The number of nitrogens with one attached hydrogen (secondary N) is 1. The molecule has 1 nitrogen and oxygen atoms in total. The van der Waals surface area contributed by atoms with Crippen molar-refractivity contribution in [3.8, 4) is 0 Å². The Morgan fingerprint density at radius 2 is 2.38 bits per heavy atom. The maximum absolute atomic E-state index is 5.49. The minimum Gasteiger partial charge on any atom is -0.308 e. The highest BCUT2D eigenvalue weighted by molar-refractivity contribution is 9.10. The van der Waals surface area contributed by atoms with Gasteiger partial charge in [0, 0.05) is 28.3 Å². The molecule has 1 heterocycles. The van der Waals surface area contributed by atoms with Crippen LogP contribution in [0, 0.1) is 0 Å². The first-order chi connectivity index (χ1) is 6.34. The number of allylic oxidation sites excluding steroid dienone is 1. The van der Waals surface area contributed by atoms with Gasteiger partial charge in [-0.2, -0.15) is 0 Å². The first-order valence-corrected chi connectivity index (χ1v) is 6.19. The average Bonchev–Trinajstić information content (AvgIpc) is 2.52. The van der Waals surface area contributed by atoms with Gasteiger partial charge in [-0.05, 0) is 27.4 Å². The van der Waals surface area contributed by atoms with Crippen LogP contribution in [0.1, 0.15) is 4.88 Å². The number of rotatable bonds is 5. The summed E-state index contributed by atoms with van der Waals surface area (Å²) in [4.78, 5) is 1.33. The van der Waals surface area contributed by atoms with Crippen LogP contribution in [0.5, 0.6) is 0 Å². The first kappa shape index (κ1) is 11.2. The van der Waals surface area contributed by atoms with Gasteiger partial charge in [0.05, 0.1) is 0 Å².